The molecule has 0 aliphatic heterocycles. The van der Waals surface area contributed by atoms with E-state index in [1.807, 2.05) is 13.8 Å². The first-order valence-corrected chi connectivity index (χ1v) is 8.80. The standard InChI is InChI=1S/C20H26F4N2O/c1-6-8-11-26(7-2)16(5)15(4)25-13-14(3)18-10-9-17(12-19(18)21)27-20(22,23)24/h9-10,12-13H,5-8,11H2,1-4H3/b14-13+,25-15?. The van der Waals surface area contributed by atoms with E-state index in [1.165, 1.54) is 12.3 Å². The van der Waals surface area contributed by atoms with Crippen LogP contribution in [0.2, 0.25) is 0 Å². The summed E-state index contributed by atoms with van der Waals surface area (Å²) in [5.74, 6) is -1.41. The second-order valence-electron chi connectivity index (χ2n) is 6.10. The summed E-state index contributed by atoms with van der Waals surface area (Å²) in [5.41, 5.74) is 2.13. The molecule has 0 aromatic heterocycles. The van der Waals surface area contributed by atoms with Gasteiger partial charge in [0, 0.05) is 30.9 Å². The van der Waals surface area contributed by atoms with E-state index >= 15 is 0 Å². The summed E-state index contributed by atoms with van der Waals surface area (Å²) in [6.07, 6.45) is -1.25. The monoisotopic (exact) mass is 386 g/mol. The van der Waals surface area contributed by atoms with Gasteiger partial charge in [-0.05, 0) is 44.9 Å². The summed E-state index contributed by atoms with van der Waals surface area (Å²) >= 11 is 0. The maximum Gasteiger partial charge on any atom is 0.573 e. The van der Waals surface area contributed by atoms with Gasteiger partial charge < -0.3 is 9.64 Å². The number of halogens is 4. The Morgan fingerprint density at radius 3 is 2.44 bits per heavy atom. The zero-order chi connectivity index (χ0) is 20.6. The zero-order valence-corrected chi connectivity index (χ0v) is 16.2. The molecule has 0 aliphatic rings. The highest BCUT2D eigenvalue weighted by molar-refractivity contribution is 5.97. The SMILES string of the molecule is C=C(C(C)=N/C=C(\C)c1ccc(OC(F)(F)F)cc1F)N(CC)CCCC. The van der Waals surface area contributed by atoms with Crippen LogP contribution in [0.15, 0.2) is 41.7 Å². The molecule has 0 saturated carbocycles. The van der Waals surface area contributed by atoms with Crippen LogP contribution >= 0.6 is 0 Å². The molecular formula is C20H26F4N2O. The predicted octanol–water partition coefficient (Wildman–Crippen LogP) is 6.18. The van der Waals surface area contributed by atoms with E-state index in [4.69, 9.17) is 0 Å². The van der Waals surface area contributed by atoms with E-state index in [9.17, 15) is 17.6 Å². The van der Waals surface area contributed by atoms with Gasteiger partial charge in [0.1, 0.15) is 11.6 Å². The van der Waals surface area contributed by atoms with Crippen molar-refractivity contribution in [1.29, 1.82) is 0 Å². The van der Waals surface area contributed by atoms with Gasteiger partial charge in [0.2, 0.25) is 0 Å². The molecule has 0 N–H and O–H groups in total. The number of allylic oxidation sites excluding steroid dienone is 2. The number of ether oxygens (including phenoxy) is 1. The van der Waals surface area contributed by atoms with Gasteiger partial charge in [0.25, 0.3) is 0 Å². The second-order valence-corrected chi connectivity index (χ2v) is 6.10. The molecule has 0 amide bonds. The van der Waals surface area contributed by atoms with Crippen LogP contribution < -0.4 is 4.74 Å². The molecule has 0 spiro atoms. The van der Waals surface area contributed by atoms with Gasteiger partial charge in [-0.15, -0.1) is 13.2 Å². The van der Waals surface area contributed by atoms with Gasteiger partial charge in [-0.1, -0.05) is 19.9 Å². The third-order valence-electron chi connectivity index (χ3n) is 4.01. The molecule has 0 heterocycles. The average Bonchev–Trinajstić information content (AvgIpc) is 2.58. The van der Waals surface area contributed by atoms with E-state index in [-0.39, 0.29) is 5.56 Å². The highest BCUT2D eigenvalue weighted by Crippen LogP contribution is 2.27. The van der Waals surface area contributed by atoms with Crippen molar-refractivity contribution < 1.29 is 22.3 Å². The lowest BCUT2D eigenvalue weighted by atomic mass is 10.1. The van der Waals surface area contributed by atoms with Crippen molar-refractivity contribution in [2.45, 2.75) is 46.9 Å². The molecule has 0 aliphatic carbocycles. The number of unbranched alkanes of at least 4 members (excludes halogenated alkanes) is 1. The highest BCUT2D eigenvalue weighted by atomic mass is 19.4. The molecule has 0 fully saturated rings. The second kappa shape index (κ2) is 10.1. The summed E-state index contributed by atoms with van der Waals surface area (Å²) in [6, 6.07) is 3.02. The Kier molecular flexibility index (Phi) is 8.53. The number of aliphatic imine (C=N–C) groups is 1. The van der Waals surface area contributed by atoms with E-state index < -0.39 is 17.9 Å². The van der Waals surface area contributed by atoms with Crippen LogP contribution in [0.25, 0.3) is 5.57 Å². The summed E-state index contributed by atoms with van der Waals surface area (Å²) in [6.45, 7) is 13.4. The first kappa shape index (κ1) is 22.7. The molecule has 1 aromatic carbocycles. The molecule has 1 aromatic rings. The molecule has 0 saturated heterocycles. The van der Waals surface area contributed by atoms with E-state index in [0.717, 1.165) is 37.7 Å². The van der Waals surface area contributed by atoms with Crippen LogP contribution in [0.3, 0.4) is 0 Å². The van der Waals surface area contributed by atoms with E-state index in [1.54, 1.807) is 6.92 Å². The van der Waals surface area contributed by atoms with Crippen molar-refractivity contribution in [3.05, 3.63) is 48.1 Å². The van der Waals surface area contributed by atoms with E-state index in [0.29, 0.717) is 17.4 Å². The molecule has 3 nitrogen and oxygen atoms in total. The maximum atomic E-state index is 14.1. The summed E-state index contributed by atoms with van der Waals surface area (Å²) in [5, 5.41) is 0. The molecular weight excluding hydrogens is 360 g/mol. The minimum absolute atomic E-state index is 0.157. The topological polar surface area (TPSA) is 24.8 Å². The van der Waals surface area contributed by atoms with E-state index in [2.05, 4.69) is 28.1 Å². The third-order valence-corrected chi connectivity index (χ3v) is 4.01. The first-order valence-electron chi connectivity index (χ1n) is 8.80. The normalized spacial score (nSPS) is 12.9. The van der Waals surface area contributed by atoms with Crippen molar-refractivity contribution >= 4 is 11.3 Å². The fourth-order valence-electron chi connectivity index (χ4n) is 2.41. The van der Waals surface area contributed by atoms with Gasteiger partial charge in [0.15, 0.2) is 0 Å². The Labute approximate surface area is 158 Å². The number of hydrogen-bond acceptors (Lipinski definition) is 3. The Morgan fingerprint density at radius 2 is 1.93 bits per heavy atom. The van der Waals surface area contributed by atoms with Gasteiger partial charge in [-0.3, -0.25) is 4.99 Å². The van der Waals surface area contributed by atoms with Gasteiger partial charge in [-0.25, -0.2) is 4.39 Å². The molecule has 0 atom stereocenters. The molecule has 27 heavy (non-hydrogen) atoms. The lowest BCUT2D eigenvalue weighted by Crippen LogP contribution is -2.26. The van der Waals surface area contributed by atoms with Crippen molar-refractivity contribution in [3.8, 4) is 5.75 Å². The van der Waals surface area contributed by atoms with Crippen LogP contribution in [0.1, 0.15) is 46.1 Å². The minimum Gasteiger partial charge on any atom is -0.406 e. The van der Waals surface area contributed by atoms with Crippen LogP contribution in [0.4, 0.5) is 17.6 Å². The molecule has 0 unspecified atom stereocenters. The summed E-state index contributed by atoms with van der Waals surface area (Å²) in [4.78, 5) is 6.46. The lowest BCUT2D eigenvalue weighted by molar-refractivity contribution is -0.274. The molecule has 0 radical (unpaired) electrons. The maximum absolute atomic E-state index is 14.1. The Morgan fingerprint density at radius 1 is 1.26 bits per heavy atom. The van der Waals surface area contributed by atoms with Crippen molar-refractivity contribution in [2.75, 3.05) is 13.1 Å². The number of alkyl halides is 3. The van der Waals surface area contributed by atoms with Crippen LogP contribution in [-0.4, -0.2) is 30.1 Å². The highest BCUT2D eigenvalue weighted by Gasteiger charge is 2.31. The zero-order valence-electron chi connectivity index (χ0n) is 16.2. The van der Waals surface area contributed by atoms with Crippen molar-refractivity contribution in [1.82, 2.24) is 4.90 Å². The average molecular weight is 386 g/mol. The molecule has 0 bridgehead atoms. The smallest absolute Gasteiger partial charge is 0.406 e. The van der Waals surface area contributed by atoms with Crippen LogP contribution in [0.5, 0.6) is 5.75 Å². The first-order chi connectivity index (χ1) is 12.6. The fourth-order valence-corrected chi connectivity index (χ4v) is 2.41. The number of benzene rings is 1. The third kappa shape index (κ3) is 7.45. The molecule has 1 rings (SSSR count). The summed E-state index contributed by atoms with van der Waals surface area (Å²) in [7, 11) is 0. The van der Waals surface area contributed by atoms with Gasteiger partial charge in [0.05, 0.1) is 11.4 Å². The Bertz CT molecular complexity index is 708. The number of nitrogens with zero attached hydrogens (tertiary/aromatic N) is 2. The Hall–Kier alpha value is -2.31. The lowest BCUT2D eigenvalue weighted by Gasteiger charge is -2.24. The van der Waals surface area contributed by atoms with Crippen LogP contribution in [-0.2, 0) is 0 Å². The van der Waals surface area contributed by atoms with Gasteiger partial charge in [-0.2, -0.15) is 0 Å². The largest absolute Gasteiger partial charge is 0.573 e. The summed E-state index contributed by atoms with van der Waals surface area (Å²) < 4.78 is 54.4. The number of hydrogen-bond donors (Lipinski definition) is 0. The van der Waals surface area contributed by atoms with Gasteiger partial charge >= 0.3 is 6.36 Å². The van der Waals surface area contributed by atoms with Crippen molar-refractivity contribution in [2.24, 2.45) is 4.99 Å². The molecule has 150 valence electrons. The number of rotatable bonds is 9. The van der Waals surface area contributed by atoms with Crippen LogP contribution in [0, 0.1) is 5.82 Å². The predicted molar refractivity (Wildman–Crippen MR) is 101 cm³/mol. The quantitative estimate of drug-likeness (QED) is 0.374. The fraction of sp³-hybridized carbons (Fsp3) is 0.450. The van der Waals surface area contributed by atoms with Crippen molar-refractivity contribution in [3.63, 3.8) is 0 Å². The minimum atomic E-state index is -4.86. The molecule has 7 heteroatoms. The Balaban J connectivity index is 2.94.